The van der Waals surface area contributed by atoms with Crippen molar-refractivity contribution in [2.45, 2.75) is 104 Å². The molecule has 0 fully saturated rings. The molecular weight excluding hydrogens is 1110 g/mol. The molecule has 11 aromatic rings. The van der Waals surface area contributed by atoms with Crippen molar-refractivity contribution >= 4 is 32.8 Å². The summed E-state index contributed by atoms with van der Waals surface area (Å²) < 4.78 is 56.6. The molecule has 0 bridgehead atoms. The van der Waals surface area contributed by atoms with Crippen LogP contribution < -0.4 is 9.30 Å². The predicted molar refractivity (Wildman–Crippen MR) is 308 cm³/mol. The second-order valence-corrected chi connectivity index (χ2v) is 22.7. The number of rotatable bonds is 12. The van der Waals surface area contributed by atoms with Gasteiger partial charge < -0.3 is 23.4 Å². The maximum absolute atomic E-state index is 9.06. The van der Waals surface area contributed by atoms with Crippen LogP contribution in [0.4, 0.5) is 0 Å². The van der Waals surface area contributed by atoms with E-state index in [1.165, 1.54) is 16.7 Å². The van der Waals surface area contributed by atoms with Gasteiger partial charge in [-0.1, -0.05) is 207 Å². The Balaban J connectivity index is 0.00000736. The van der Waals surface area contributed by atoms with Crippen molar-refractivity contribution in [2.75, 3.05) is 0 Å². The van der Waals surface area contributed by atoms with Gasteiger partial charge in [-0.25, -0.2) is 4.98 Å². The first-order chi connectivity index (χ1) is 38.1. The van der Waals surface area contributed by atoms with E-state index in [2.05, 4.69) is 187 Å². The van der Waals surface area contributed by atoms with Crippen LogP contribution in [0.2, 0.25) is 0 Å². The number of ether oxygens (including phenoxy) is 1. The Kier molecular flexibility index (Phi) is 12.7. The minimum absolute atomic E-state index is 0. The molecule has 0 radical (unpaired) electrons. The fourth-order valence-corrected chi connectivity index (χ4v) is 10.1. The van der Waals surface area contributed by atoms with Crippen LogP contribution in [0, 0.1) is 18.5 Å². The third-order valence-electron chi connectivity index (χ3n) is 14.3. The number of aromatic nitrogens is 5. The number of pyridine rings is 2. The van der Waals surface area contributed by atoms with Gasteiger partial charge in [0.05, 0.1) is 30.2 Å². The van der Waals surface area contributed by atoms with Crippen LogP contribution in [0.1, 0.15) is 104 Å². The van der Waals surface area contributed by atoms with Gasteiger partial charge in [-0.2, -0.15) is 18.2 Å². The summed E-state index contributed by atoms with van der Waals surface area (Å²) in [5, 5.41) is 2.12. The van der Waals surface area contributed by atoms with E-state index in [1.807, 2.05) is 47.2 Å². The number of hydrogen-bond donors (Lipinski definition) is 0. The molecule has 0 spiro atoms. The molecule has 76 heavy (non-hydrogen) atoms. The molecule has 6 nitrogen and oxygen atoms in total. The largest absolute Gasteiger partial charge is 0.522 e. The molecule has 11 rings (SSSR count). The molecule has 0 saturated heterocycles. The van der Waals surface area contributed by atoms with Crippen LogP contribution in [0.3, 0.4) is 0 Å². The number of nitrogens with zero attached hydrogens (tertiary/aromatic N) is 5. The number of para-hydroxylation sites is 2. The van der Waals surface area contributed by atoms with Gasteiger partial charge in [0.2, 0.25) is 6.33 Å². The minimum atomic E-state index is -0.403. The van der Waals surface area contributed by atoms with E-state index in [4.69, 9.17) is 21.6 Å². The predicted octanol–water partition coefficient (Wildman–Crippen LogP) is 16.9. The Labute approximate surface area is 470 Å². The van der Waals surface area contributed by atoms with Gasteiger partial charge in [0, 0.05) is 38.5 Å². The van der Waals surface area contributed by atoms with Crippen molar-refractivity contribution in [2.24, 2.45) is 0 Å². The van der Waals surface area contributed by atoms with Gasteiger partial charge in [0.1, 0.15) is 5.82 Å². The summed E-state index contributed by atoms with van der Waals surface area (Å²) in [5.41, 5.74) is 13.1. The van der Waals surface area contributed by atoms with E-state index in [-0.39, 0.29) is 67.0 Å². The first-order valence-electron chi connectivity index (χ1n) is 28.5. The normalized spacial score (nSPS) is 13.0. The molecule has 0 unspecified atom stereocenters. The first-order valence-corrected chi connectivity index (χ1v) is 26.0. The van der Waals surface area contributed by atoms with Crippen molar-refractivity contribution in [3.05, 3.63) is 223 Å². The first kappa shape index (κ1) is 45.9. The average Bonchev–Trinajstić information content (AvgIpc) is 4.24. The smallest absolute Gasteiger partial charge is 0.244 e. The van der Waals surface area contributed by atoms with Crippen LogP contribution in [-0.2, 0) is 50.3 Å². The van der Waals surface area contributed by atoms with Crippen molar-refractivity contribution in [1.29, 1.82) is 0 Å². The number of aryl methyl sites for hydroxylation is 1. The monoisotopic (exact) mass is 1180 g/mol. The molecule has 7 heteroatoms. The molecule has 0 saturated carbocycles. The number of fused-ring (bicyclic) bond motifs is 4. The Morgan fingerprint density at radius 1 is 0.553 bits per heavy atom. The number of unbranched alkanes of at least 4 members (excludes halogenated alkanes) is 1. The maximum Gasteiger partial charge on any atom is 0.244 e. The Bertz CT molecular complexity index is 4120. The van der Waals surface area contributed by atoms with Gasteiger partial charge in [0.25, 0.3) is 0 Å². The Morgan fingerprint density at radius 3 is 1.97 bits per heavy atom. The van der Waals surface area contributed by atoms with E-state index in [0.717, 1.165) is 79.3 Å². The molecule has 4 aromatic heterocycles. The van der Waals surface area contributed by atoms with Gasteiger partial charge in [0.15, 0.2) is 0 Å². The molecule has 0 N–H and O–H groups in total. The van der Waals surface area contributed by atoms with Gasteiger partial charge in [-0.3, -0.25) is 0 Å². The Hall–Kier alpha value is -7.40. The molecule has 0 aliphatic heterocycles. The molecule has 0 aliphatic carbocycles. The summed E-state index contributed by atoms with van der Waals surface area (Å²) in [6, 6.07) is 53.6. The van der Waals surface area contributed by atoms with Crippen LogP contribution in [0.25, 0.3) is 77.9 Å². The summed E-state index contributed by atoms with van der Waals surface area (Å²) in [4.78, 5) is 9.70. The number of imidazole rings is 1. The summed E-state index contributed by atoms with van der Waals surface area (Å²) in [5.74, 6) is 2.32. The summed E-state index contributed by atoms with van der Waals surface area (Å²) in [6.07, 6.45) is 9.31. The molecule has 0 aliphatic rings. The maximum atomic E-state index is 9.06. The third-order valence-corrected chi connectivity index (χ3v) is 14.3. The fraction of sp³-hybridized carbons (Fsp3) is 0.232. The second kappa shape index (κ2) is 21.0. The molecule has 0 amide bonds. The standard InChI is InChI=1S/C69H65N5O.Pt/c1-67(2,3)51-34-36-71-66(43-51)74-61-33-30-49(47-21-12-10-13-22-47)41-60(61)59-32-31-54(44-64(59)74)75-55-35-37-70-65(45-55)73-46-72(62-28-16-17-29-63(62)73)38-19-18-25-58-56(48-23-14-11-15-24-48)26-20-27-57(58)50-39-52(68(4,5)6)42-53(40-50)69(7,8)9;/h10-17,20-24,26-37,39-43H,18-19,25,38H2,1-9H3;/q-2;/i11D,14D,15D,23D,24D;. The minimum Gasteiger partial charge on any atom is -0.522 e. The number of hydrogen-bond acceptors (Lipinski definition) is 3. The quantitative estimate of drug-likeness (QED) is 0.0696. The number of benzene rings is 7. The third kappa shape index (κ3) is 10.6. The van der Waals surface area contributed by atoms with Crippen LogP contribution >= 0.6 is 0 Å². The molecule has 4 heterocycles. The Morgan fingerprint density at radius 2 is 1.24 bits per heavy atom. The van der Waals surface area contributed by atoms with E-state index in [0.29, 0.717) is 35.8 Å². The van der Waals surface area contributed by atoms with E-state index >= 15 is 0 Å². The summed E-state index contributed by atoms with van der Waals surface area (Å²) in [7, 11) is 0. The molecule has 384 valence electrons. The van der Waals surface area contributed by atoms with Gasteiger partial charge >= 0.3 is 0 Å². The zero-order valence-electron chi connectivity index (χ0n) is 49.7. The summed E-state index contributed by atoms with van der Waals surface area (Å²) >= 11 is 0. The fourth-order valence-electron chi connectivity index (χ4n) is 10.1. The second-order valence-electron chi connectivity index (χ2n) is 22.7. The van der Waals surface area contributed by atoms with Gasteiger partial charge in [-0.05, 0) is 120 Å². The zero-order chi connectivity index (χ0) is 56.4. The average molecular weight is 1180 g/mol. The topological polar surface area (TPSA) is 48.8 Å². The zero-order valence-corrected chi connectivity index (χ0v) is 47.0. The van der Waals surface area contributed by atoms with E-state index in [9.17, 15) is 0 Å². The van der Waals surface area contributed by atoms with Crippen molar-refractivity contribution in [3.8, 4) is 56.5 Å². The van der Waals surface area contributed by atoms with Crippen molar-refractivity contribution in [3.63, 3.8) is 0 Å². The molecule has 7 aromatic carbocycles. The van der Waals surface area contributed by atoms with Crippen LogP contribution in [-0.4, -0.2) is 19.1 Å². The molecule has 0 atom stereocenters. The van der Waals surface area contributed by atoms with Crippen LogP contribution in [0.15, 0.2) is 182 Å². The van der Waals surface area contributed by atoms with Gasteiger partial charge in [-0.15, -0.1) is 17.5 Å². The van der Waals surface area contributed by atoms with E-state index in [1.54, 1.807) is 12.3 Å². The van der Waals surface area contributed by atoms with Crippen molar-refractivity contribution in [1.82, 2.24) is 19.1 Å². The molecular formula is C69H65N5OPt-2. The summed E-state index contributed by atoms with van der Waals surface area (Å²) in [6.45, 7) is 20.6. The SMILES string of the molecule is [2H]c1c([2H])c([2H])c(-c2cccc(-c3cc(C(C)(C)C)cc(C(C)(C)C)c3)c2CCCC[n+]2[c-]n(-c3[c-]c(Oc4[c-]c5c(cc4)c4cc(-c6ccccc6)ccc4n5-c4cc(C(C)(C)C)ccn4)ccn3)c3ccccc32)c([2H])c1[2H].[Pt]. The van der Waals surface area contributed by atoms with Crippen molar-refractivity contribution < 1.29 is 37.2 Å². The van der Waals surface area contributed by atoms with Crippen LogP contribution in [0.5, 0.6) is 11.5 Å². The van der Waals surface area contributed by atoms with E-state index < -0.39 is 6.04 Å².